The molecule has 5 nitrogen and oxygen atoms in total. The number of hydrogen-bond acceptors (Lipinski definition) is 4. The molecule has 0 radical (unpaired) electrons. The number of benzene rings is 1. The Hall–Kier alpha value is -2.08. The van der Waals surface area contributed by atoms with E-state index in [1.165, 1.54) is 13.2 Å². The second kappa shape index (κ2) is 6.79. The van der Waals surface area contributed by atoms with Gasteiger partial charge >= 0.3 is 0 Å². The molecule has 0 fully saturated rings. The van der Waals surface area contributed by atoms with Crippen molar-refractivity contribution in [2.75, 3.05) is 14.2 Å². The highest BCUT2D eigenvalue weighted by atomic mass is 19.1. The van der Waals surface area contributed by atoms with Gasteiger partial charge in [-0.1, -0.05) is 6.07 Å². The fourth-order valence-corrected chi connectivity index (χ4v) is 2.46. The minimum Gasteiger partial charge on any atom is -0.494 e. The van der Waals surface area contributed by atoms with Crippen molar-refractivity contribution in [2.45, 2.75) is 26.4 Å². The number of ether oxygens (including phenoxy) is 2. The maximum absolute atomic E-state index is 13.8. The summed E-state index contributed by atoms with van der Waals surface area (Å²) in [5.41, 5.74) is 2.78. The van der Waals surface area contributed by atoms with Gasteiger partial charge in [0.1, 0.15) is 0 Å². The molecule has 1 aromatic carbocycles. The highest BCUT2D eigenvalue weighted by Gasteiger charge is 2.15. The summed E-state index contributed by atoms with van der Waals surface area (Å²) in [6.45, 7) is 4.52. The van der Waals surface area contributed by atoms with Crippen LogP contribution in [0.1, 0.15) is 29.8 Å². The third-order valence-electron chi connectivity index (χ3n) is 3.74. The third-order valence-corrected chi connectivity index (χ3v) is 3.74. The molecule has 0 aliphatic heterocycles. The van der Waals surface area contributed by atoms with Crippen LogP contribution in [0, 0.1) is 12.7 Å². The summed E-state index contributed by atoms with van der Waals surface area (Å²) in [6, 6.07) is 4.97. The van der Waals surface area contributed by atoms with E-state index in [9.17, 15) is 4.39 Å². The Morgan fingerprint density at radius 1 is 1.32 bits per heavy atom. The average molecular weight is 307 g/mol. The molecule has 1 atom stereocenters. The number of halogens is 1. The number of aromatic nitrogens is 2. The first-order chi connectivity index (χ1) is 10.5. The molecular formula is C16H22FN3O2. The summed E-state index contributed by atoms with van der Waals surface area (Å²) < 4.78 is 25.8. The van der Waals surface area contributed by atoms with Gasteiger partial charge in [0.05, 0.1) is 25.5 Å². The first-order valence-corrected chi connectivity index (χ1v) is 7.11. The van der Waals surface area contributed by atoms with E-state index in [0.717, 1.165) is 22.7 Å². The number of nitrogens with one attached hydrogen (secondary N) is 1. The molecule has 0 spiro atoms. The minimum absolute atomic E-state index is 0.00952. The molecule has 22 heavy (non-hydrogen) atoms. The van der Waals surface area contributed by atoms with E-state index in [4.69, 9.17) is 9.47 Å². The van der Waals surface area contributed by atoms with Crippen LogP contribution in [0.3, 0.4) is 0 Å². The molecule has 0 aliphatic carbocycles. The van der Waals surface area contributed by atoms with Gasteiger partial charge in [-0.25, -0.2) is 9.07 Å². The van der Waals surface area contributed by atoms with Crippen molar-refractivity contribution in [1.29, 1.82) is 0 Å². The Morgan fingerprint density at radius 2 is 2.05 bits per heavy atom. The zero-order valence-electron chi connectivity index (χ0n) is 13.6. The quantitative estimate of drug-likeness (QED) is 0.891. The Morgan fingerprint density at radius 3 is 2.64 bits per heavy atom. The van der Waals surface area contributed by atoms with Crippen LogP contribution in [0.15, 0.2) is 18.2 Å². The van der Waals surface area contributed by atoms with Gasteiger partial charge in [0.25, 0.3) is 0 Å². The van der Waals surface area contributed by atoms with Crippen molar-refractivity contribution in [3.63, 3.8) is 0 Å². The Bertz CT molecular complexity index is 655. The van der Waals surface area contributed by atoms with Crippen LogP contribution in [0.5, 0.6) is 11.6 Å². The van der Waals surface area contributed by atoms with Crippen LogP contribution in [-0.2, 0) is 13.6 Å². The van der Waals surface area contributed by atoms with Crippen molar-refractivity contribution in [3.05, 3.63) is 40.8 Å². The average Bonchev–Trinajstić information content (AvgIpc) is 2.77. The summed E-state index contributed by atoms with van der Waals surface area (Å²) in [5.74, 6) is 0.627. The maximum atomic E-state index is 13.8. The topological polar surface area (TPSA) is 48.3 Å². The lowest BCUT2D eigenvalue weighted by Gasteiger charge is -2.15. The molecule has 2 rings (SSSR count). The molecule has 6 heteroatoms. The van der Waals surface area contributed by atoms with E-state index in [2.05, 4.69) is 10.4 Å². The van der Waals surface area contributed by atoms with Gasteiger partial charge in [0.15, 0.2) is 11.6 Å². The smallest absolute Gasteiger partial charge is 0.216 e. The van der Waals surface area contributed by atoms with Crippen molar-refractivity contribution >= 4 is 0 Å². The molecule has 2 aromatic rings. The Kier molecular flexibility index (Phi) is 5.03. The highest BCUT2D eigenvalue weighted by molar-refractivity contribution is 5.32. The lowest BCUT2D eigenvalue weighted by atomic mass is 10.1. The molecule has 0 saturated heterocycles. The molecule has 1 aromatic heterocycles. The maximum Gasteiger partial charge on any atom is 0.216 e. The zero-order chi connectivity index (χ0) is 16.3. The summed E-state index contributed by atoms with van der Waals surface area (Å²) >= 11 is 0. The molecule has 0 aliphatic rings. The van der Waals surface area contributed by atoms with E-state index in [0.29, 0.717) is 6.54 Å². The second-order valence-corrected chi connectivity index (χ2v) is 5.19. The molecular weight excluding hydrogens is 285 g/mol. The van der Waals surface area contributed by atoms with E-state index in [1.807, 2.05) is 27.0 Å². The van der Waals surface area contributed by atoms with Gasteiger partial charge in [-0.05, 0) is 31.5 Å². The van der Waals surface area contributed by atoms with Gasteiger partial charge in [0, 0.05) is 19.6 Å². The standard InChI is InChI=1S/C16H22FN3O2/c1-10(12-6-7-15(21-4)14(17)8-12)18-9-13-11(2)19-20(3)16(13)22-5/h6-8,10,18H,9H2,1-5H3. The summed E-state index contributed by atoms with van der Waals surface area (Å²) in [5, 5.41) is 7.71. The van der Waals surface area contributed by atoms with Gasteiger partial charge in [-0.2, -0.15) is 5.10 Å². The number of methoxy groups -OCH3 is 2. The lowest BCUT2D eigenvalue weighted by Crippen LogP contribution is -2.19. The zero-order valence-corrected chi connectivity index (χ0v) is 13.6. The summed E-state index contributed by atoms with van der Waals surface area (Å²) in [7, 11) is 4.93. The van der Waals surface area contributed by atoms with Crippen molar-refractivity contribution < 1.29 is 13.9 Å². The molecule has 0 bridgehead atoms. The van der Waals surface area contributed by atoms with Crippen molar-refractivity contribution in [2.24, 2.45) is 7.05 Å². The highest BCUT2D eigenvalue weighted by Crippen LogP contribution is 2.24. The third kappa shape index (κ3) is 3.22. The van der Waals surface area contributed by atoms with E-state index < -0.39 is 0 Å². The first kappa shape index (κ1) is 16.3. The Labute approximate surface area is 130 Å². The molecule has 0 amide bonds. The van der Waals surface area contributed by atoms with Crippen molar-refractivity contribution in [3.8, 4) is 11.6 Å². The van der Waals surface area contributed by atoms with Crippen LogP contribution in [0.4, 0.5) is 4.39 Å². The predicted molar refractivity (Wildman–Crippen MR) is 82.7 cm³/mol. The molecule has 1 heterocycles. The van der Waals surface area contributed by atoms with Gasteiger partial charge in [0.2, 0.25) is 5.88 Å². The number of hydrogen-bond donors (Lipinski definition) is 1. The number of aryl methyl sites for hydroxylation is 2. The first-order valence-electron chi connectivity index (χ1n) is 7.11. The largest absolute Gasteiger partial charge is 0.494 e. The molecule has 120 valence electrons. The van der Waals surface area contributed by atoms with E-state index in [-0.39, 0.29) is 17.6 Å². The minimum atomic E-state index is -0.358. The van der Waals surface area contributed by atoms with Crippen LogP contribution >= 0.6 is 0 Å². The second-order valence-electron chi connectivity index (χ2n) is 5.19. The van der Waals surface area contributed by atoms with E-state index in [1.54, 1.807) is 17.9 Å². The lowest BCUT2D eigenvalue weighted by molar-refractivity contribution is 0.367. The summed E-state index contributed by atoms with van der Waals surface area (Å²) in [4.78, 5) is 0. The predicted octanol–water partition coefficient (Wildman–Crippen LogP) is 2.74. The van der Waals surface area contributed by atoms with Gasteiger partial charge in [-0.15, -0.1) is 0 Å². The van der Waals surface area contributed by atoms with Crippen LogP contribution in [0.25, 0.3) is 0 Å². The van der Waals surface area contributed by atoms with E-state index >= 15 is 0 Å². The number of nitrogens with zero attached hydrogens (tertiary/aromatic N) is 2. The molecule has 1 N–H and O–H groups in total. The monoisotopic (exact) mass is 307 g/mol. The van der Waals surface area contributed by atoms with Gasteiger partial charge in [-0.3, -0.25) is 0 Å². The number of rotatable bonds is 6. The van der Waals surface area contributed by atoms with Crippen LogP contribution < -0.4 is 14.8 Å². The van der Waals surface area contributed by atoms with Crippen LogP contribution in [0.2, 0.25) is 0 Å². The van der Waals surface area contributed by atoms with Crippen LogP contribution in [-0.4, -0.2) is 24.0 Å². The normalized spacial score (nSPS) is 12.3. The fourth-order valence-electron chi connectivity index (χ4n) is 2.46. The fraction of sp³-hybridized carbons (Fsp3) is 0.438. The SMILES string of the molecule is COc1ccc(C(C)NCc2c(C)nn(C)c2OC)cc1F. The Balaban J connectivity index is 2.10. The molecule has 1 unspecified atom stereocenters. The van der Waals surface area contributed by atoms with Crippen molar-refractivity contribution in [1.82, 2.24) is 15.1 Å². The summed E-state index contributed by atoms with van der Waals surface area (Å²) in [6.07, 6.45) is 0. The molecule has 0 saturated carbocycles. The van der Waals surface area contributed by atoms with Gasteiger partial charge < -0.3 is 14.8 Å².